The number of phenolic OH excluding ortho intramolecular Hbond substituents is 3. The summed E-state index contributed by atoms with van der Waals surface area (Å²) >= 11 is 0. The van der Waals surface area contributed by atoms with Crippen molar-refractivity contribution in [2.24, 2.45) is 0 Å². The number of benzene rings is 2. The summed E-state index contributed by atoms with van der Waals surface area (Å²) in [6, 6.07) is 11.5. The van der Waals surface area contributed by atoms with Crippen LogP contribution in [-0.4, -0.2) is 21.5 Å². The summed E-state index contributed by atoms with van der Waals surface area (Å²) in [5, 5.41) is 28.1. The molecule has 0 aliphatic rings. The molecule has 20 heavy (non-hydrogen) atoms. The third kappa shape index (κ3) is 4.84. The summed E-state index contributed by atoms with van der Waals surface area (Å²) in [7, 11) is 0. The van der Waals surface area contributed by atoms with Gasteiger partial charge in [0.05, 0.1) is 0 Å². The highest BCUT2D eigenvalue weighted by Gasteiger charge is 2.03. The summed E-state index contributed by atoms with van der Waals surface area (Å²) in [6.07, 6.45) is 1.64. The molecule has 0 aliphatic carbocycles. The van der Waals surface area contributed by atoms with E-state index in [1.54, 1.807) is 18.2 Å². The minimum Gasteiger partial charge on any atom is -0.508 e. The van der Waals surface area contributed by atoms with Crippen LogP contribution in [0.25, 0.3) is 0 Å². The molecule has 2 aromatic carbocycles. The van der Waals surface area contributed by atoms with Crippen molar-refractivity contribution in [3.8, 4) is 17.2 Å². The van der Waals surface area contributed by atoms with Crippen LogP contribution < -0.4 is 0 Å². The Labute approximate surface area is 115 Å². The summed E-state index contributed by atoms with van der Waals surface area (Å²) in [5.74, 6) is 0.596. The van der Waals surface area contributed by atoms with Gasteiger partial charge in [-0.1, -0.05) is 12.1 Å². The van der Waals surface area contributed by atoms with Crippen molar-refractivity contribution < 1.29 is 24.9 Å². The van der Waals surface area contributed by atoms with Crippen LogP contribution in [0.5, 0.6) is 17.2 Å². The quantitative estimate of drug-likeness (QED) is 0.744. The normalized spacial score (nSPS) is 9.20. The second-order valence-electron chi connectivity index (χ2n) is 4.06. The average molecular weight is 274 g/mol. The highest BCUT2D eigenvalue weighted by molar-refractivity contribution is 5.39. The van der Waals surface area contributed by atoms with Crippen molar-refractivity contribution in [2.75, 3.05) is 0 Å². The van der Waals surface area contributed by atoms with Gasteiger partial charge in [-0.2, -0.15) is 9.59 Å². The van der Waals surface area contributed by atoms with Crippen LogP contribution in [0.3, 0.4) is 0 Å². The summed E-state index contributed by atoms with van der Waals surface area (Å²) in [5.41, 5.74) is 1.80. The first-order valence-corrected chi connectivity index (χ1v) is 5.85. The first-order valence-electron chi connectivity index (χ1n) is 5.85. The minimum absolute atomic E-state index is 0.156. The number of aromatic hydroxyl groups is 3. The molecule has 5 nitrogen and oxygen atoms in total. The predicted octanol–water partition coefficient (Wildman–Crippen LogP) is 2.01. The maximum absolute atomic E-state index is 9.61. The molecule has 104 valence electrons. The Hall–Kier alpha value is -2.78. The molecule has 0 unspecified atom stereocenters. The van der Waals surface area contributed by atoms with Crippen LogP contribution in [0.1, 0.15) is 11.1 Å². The molecular formula is C15H14O5. The van der Waals surface area contributed by atoms with Crippen molar-refractivity contribution in [2.45, 2.75) is 12.8 Å². The van der Waals surface area contributed by atoms with Gasteiger partial charge >= 0.3 is 6.15 Å². The van der Waals surface area contributed by atoms with Crippen LogP contribution in [0.4, 0.5) is 0 Å². The third-order valence-corrected chi connectivity index (χ3v) is 2.68. The van der Waals surface area contributed by atoms with Gasteiger partial charge in [-0.05, 0) is 54.3 Å². The van der Waals surface area contributed by atoms with E-state index in [0.29, 0.717) is 6.42 Å². The van der Waals surface area contributed by atoms with Crippen molar-refractivity contribution in [3.05, 3.63) is 53.6 Å². The minimum atomic E-state index is 0.156. The molecule has 3 N–H and O–H groups in total. The Kier molecular flexibility index (Phi) is 5.81. The smallest absolute Gasteiger partial charge is 0.373 e. The van der Waals surface area contributed by atoms with Crippen LogP contribution in [-0.2, 0) is 22.4 Å². The molecule has 2 rings (SSSR count). The Morgan fingerprint density at radius 2 is 1.35 bits per heavy atom. The van der Waals surface area contributed by atoms with Crippen LogP contribution in [0.2, 0.25) is 0 Å². The van der Waals surface area contributed by atoms with E-state index in [-0.39, 0.29) is 23.4 Å². The summed E-state index contributed by atoms with van der Waals surface area (Å²) < 4.78 is 0. The van der Waals surface area contributed by atoms with E-state index >= 15 is 0 Å². The highest BCUT2D eigenvalue weighted by atomic mass is 16.3. The molecule has 5 heteroatoms. The Bertz CT molecular complexity index is 584. The molecular weight excluding hydrogens is 260 g/mol. The fourth-order valence-corrected chi connectivity index (χ4v) is 1.71. The fourth-order valence-electron chi connectivity index (χ4n) is 1.71. The zero-order valence-electron chi connectivity index (χ0n) is 10.6. The Morgan fingerprint density at radius 3 is 1.95 bits per heavy atom. The first-order chi connectivity index (χ1) is 9.56. The van der Waals surface area contributed by atoms with Gasteiger partial charge in [0.25, 0.3) is 0 Å². The lowest BCUT2D eigenvalue weighted by Crippen LogP contribution is -1.91. The largest absolute Gasteiger partial charge is 0.508 e. The Morgan fingerprint density at radius 1 is 0.800 bits per heavy atom. The predicted molar refractivity (Wildman–Crippen MR) is 70.3 cm³/mol. The number of rotatable bonds is 3. The Balaban J connectivity index is 0.000000612. The van der Waals surface area contributed by atoms with Gasteiger partial charge in [-0.15, -0.1) is 0 Å². The first kappa shape index (κ1) is 15.3. The zero-order valence-corrected chi connectivity index (χ0v) is 10.6. The lowest BCUT2D eigenvalue weighted by molar-refractivity contribution is -0.191. The van der Waals surface area contributed by atoms with Crippen LogP contribution in [0, 0.1) is 0 Å². The van der Waals surface area contributed by atoms with Crippen molar-refractivity contribution in [3.63, 3.8) is 0 Å². The second-order valence-corrected chi connectivity index (χ2v) is 4.06. The second kappa shape index (κ2) is 7.61. The SMILES string of the molecule is O=C=O.Oc1ccc(CCc2cc(O)ccc2O)cc1. The molecule has 0 amide bonds. The van der Waals surface area contributed by atoms with Crippen LogP contribution >= 0.6 is 0 Å². The number of phenols is 3. The van der Waals surface area contributed by atoms with Gasteiger partial charge in [0.2, 0.25) is 0 Å². The molecule has 0 heterocycles. The number of aryl methyl sites for hydroxylation is 2. The average Bonchev–Trinajstić information content (AvgIpc) is 2.42. The van der Waals surface area contributed by atoms with E-state index in [1.165, 1.54) is 12.1 Å². The van der Waals surface area contributed by atoms with Crippen LogP contribution in [0.15, 0.2) is 42.5 Å². The van der Waals surface area contributed by atoms with Crippen molar-refractivity contribution >= 4 is 6.15 Å². The monoisotopic (exact) mass is 274 g/mol. The molecule has 2 aromatic rings. The van der Waals surface area contributed by atoms with Gasteiger partial charge in [-0.25, -0.2) is 0 Å². The third-order valence-electron chi connectivity index (χ3n) is 2.68. The number of hydrogen-bond acceptors (Lipinski definition) is 5. The van der Waals surface area contributed by atoms with E-state index < -0.39 is 0 Å². The van der Waals surface area contributed by atoms with E-state index in [4.69, 9.17) is 14.7 Å². The molecule has 0 fully saturated rings. The molecule has 0 bridgehead atoms. The van der Waals surface area contributed by atoms with E-state index in [2.05, 4.69) is 0 Å². The zero-order chi connectivity index (χ0) is 15.0. The van der Waals surface area contributed by atoms with Gasteiger partial charge in [0.1, 0.15) is 17.2 Å². The van der Waals surface area contributed by atoms with Crippen molar-refractivity contribution in [1.29, 1.82) is 0 Å². The molecule has 0 saturated carbocycles. The fraction of sp³-hybridized carbons (Fsp3) is 0.133. The topological polar surface area (TPSA) is 94.8 Å². The molecule has 0 aromatic heterocycles. The van der Waals surface area contributed by atoms with Gasteiger partial charge in [-0.3, -0.25) is 0 Å². The lowest BCUT2D eigenvalue weighted by Gasteiger charge is -2.05. The molecule has 0 spiro atoms. The number of carbonyl (C=O) groups excluding carboxylic acids is 2. The van der Waals surface area contributed by atoms with E-state index in [9.17, 15) is 10.2 Å². The summed E-state index contributed by atoms with van der Waals surface area (Å²) in [6.45, 7) is 0. The molecule has 0 atom stereocenters. The van der Waals surface area contributed by atoms with Gasteiger partial charge in [0, 0.05) is 0 Å². The molecule has 0 radical (unpaired) electrons. The lowest BCUT2D eigenvalue weighted by atomic mass is 10.0. The standard InChI is InChI=1S/C14H14O3.CO2/c15-12-5-2-10(3-6-12)1-4-11-9-13(16)7-8-14(11)17;2-1-3/h2-3,5-9,15-17H,1,4H2;. The highest BCUT2D eigenvalue weighted by Crippen LogP contribution is 2.23. The van der Waals surface area contributed by atoms with E-state index in [1.807, 2.05) is 12.1 Å². The molecule has 0 aliphatic heterocycles. The van der Waals surface area contributed by atoms with Gasteiger partial charge < -0.3 is 15.3 Å². The van der Waals surface area contributed by atoms with Crippen molar-refractivity contribution in [1.82, 2.24) is 0 Å². The maximum atomic E-state index is 9.61. The van der Waals surface area contributed by atoms with E-state index in [0.717, 1.165) is 17.5 Å². The number of hydrogen-bond donors (Lipinski definition) is 3. The molecule has 0 saturated heterocycles. The maximum Gasteiger partial charge on any atom is 0.373 e. The van der Waals surface area contributed by atoms with Gasteiger partial charge in [0.15, 0.2) is 0 Å². The summed E-state index contributed by atoms with van der Waals surface area (Å²) in [4.78, 5) is 16.2.